The van der Waals surface area contributed by atoms with Gasteiger partial charge in [-0.15, -0.1) is 0 Å². The second-order valence-electron chi connectivity index (χ2n) is 6.47. The summed E-state index contributed by atoms with van der Waals surface area (Å²) in [6, 6.07) is 12.2. The van der Waals surface area contributed by atoms with Crippen molar-refractivity contribution in [3.63, 3.8) is 0 Å². The van der Waals surface area contributed by atoms with Gasteiger partial charge in [-0.1, -0.05) is 18.2 Å². The van der Waals surface area contributed by atoms with E-state index in [0.717, 1.165) is 31.9 Å². The zero-order valence-electron chi connectivity index (χ0n) is 14.9. The SMILES string of the molecule is Cc1c(C(=O)Nc2ccccc2N2CCN(C)CC2)cccc1[N+](=O)[O-]. The molecular formula is C19H22N4O3. The third kappa shape index (κ3) is 3.67. The average Bonchev–Trinajstić information content (AvgIpc) is 2.63. The topological polar surface area (TPSA) is 78.7 Å². The minimum absolute atomic E-state index is 0.0509. The number of benzene rings is 2. The number of likely N-dealkylation sites (N-methyl/N-ethyl adjacent to an activating group) is 1. The fraction of sp³-hybridized carbons (Fsp3) is 0.316. The molecule has 26 heavy (non-hydrogen) atoms. The van der Waals surface area contributed by atoms with Crippen LogP contribution in [-0.2, 0) is 0 Å². The highest BCUT2D eigenvalue weighted by atomic mass is 16.6. The molecule has 1 aliphatic heterocycles. The van der Waals surface area contributed by atoms with Crippen LogP contribution in [0, 0.1) is 17.0 Å². The van der Waals surface area contributed by atoms with E-state index >= 15 is 0 Å². The van der Waals surface area contributed by atoms with E-state index in [9.17, 15) is 14.9 Å². The quantitative estimate of drug-likeness (QED) is 0.675. The lowest BCUT2D eigenvalue weighted by Gasteiger charge is -2.35. The Kier molecular flexibility index (Phi) is 5.18. The van der Waals surface area contributed by atoms with Gasteiger partial charge in [0.1, 0.15) is 0 Å². The summed E-state index contributed by atoms with van der Waals surface area (Å²) in [6.45, 7) is 5.30. The standard InChI is InChI=1S/C19H22N4O3/c1-14-15(6-5-9-17(14)23(25)26)19(24)20-16-7-3-4-8-18(16)22-12-10-21(2)11-13-22/h3-9H,10-13H2,1-2H3,(H,20,24). The predicted octanol–water partition coefficient (Wildman–Crippen LogP) is 2.91. The Morgan fingerprint density at radius 2 is 1.77 bits per heavy atom. The number of amides is 1. The van der Waals surface area contributed by atoms with Gasteiger partial charge >= 0.3 is 0 Å². The van der Waals surface area contributed by atoms with Crippen LogP contribution in [0.5, 0.6) is 0 Å². The van der Waals surface area contributed by atoms with Crippen molar-refractivity contribution >= 4 is 23.0 Å². The van der Waals surface area contributed by atoms with E-state index in [2.05, 4.69) is 22.2 Å². The fourth-order valence-electron chi connectivity index (χ4n) is 3.16. The third-order valence-corrected chi connectivity index (χ3v) is 4.74. The molecule has 0 aromatic heterocycles. The Labute approximate surface area is 152 Å². The monoisotopic (exact) mass is 354 g/mol. The summed E-state index contributed by atoms with van der Waals surface area (Å²) in [5.41, 5.74) is 2.31. The van der Waals surface area contributed by atoms with E-state index in [1.54, 1.807) is 13.0 Å². The van der Waals surface area contributed by atoms with Crippen molar-refractivity contribution < 1.29 is 9.72 Å². The first-order valence-electron chi connectivity index (χ1n) is 8.55. The van der Waals surface area contributed by atoms with Gasteiger partial charge in [-0.2, -0.15) is 0 Å². The van der Waals surface area contributed by atoms with Crippen LogP contribution in [-0.4, -0.2) is 49.0 Å². The van der Waals surface area contributed by atoms with Crippen molar-refractivity contribution in [3.05, 3.63) is 63.7 Å². The summed E-state index contributed by atoms with van der Waals surface area (Å²) in [7, 11) is 2.09. The van der Waals surface area contributed by atoms with Crippen molar-refractivity contribution in [2.45, 2.75) is 6.92 Å². The molecule has 136 valence electrons. The maximum atomic E-state index is 12.7. The molecule has 3 rings (SSSR count). The normalized spacial score (nSPS) is 14.9. The third-order valence-electron chi connectivity index (χ3n) is 4.74. The molecule has 0 atom stereocenters. The van der Waals surface area contributed by atoms with Crippen molar-refractivity contribution in [1.29, 1.82) is 0 Å². The molecule has 1 amide bonds. The highest BCUT2D eigenvalue weighted by Crippen LogP contribution is 2.28. The molecule has 1 N–H and O–H groups in total. The number of carbonyl (C=O) groups excluding carboxylic acids is 1. The maximum Gasteiger partial charge on any atom is 0.273 e. The summed E-state index contributed by atoms with van der Waals surface area (Å²) < 4.78 is 0. The van der Waals surface area contributed by atoms with E-state index < -0.39 is 4.92 Å². The molecule has 0 aliphatic carbocycles. The molecule has 0 unspecified atom stereocenters. The molecule has 7 heteroatoms. The van der Waals surface area contributed by atoms with Gasteiger partial charge < -0.3 is 15.1 Å². The van der Waals surface area contributed by atoms with Gasteiger partial charge in [0.2, 0.25) is 0 Å². The van der Waals surface area contributed by atoms with Crippen LogP contribution in [0.2, 0.25) is 0 Å². The molecule has 2 aromatic carbocycles. The van der Waals surface area contributed by atoms with Crippen LogP contribution < -0.4 is 10.2 Å². The van der Waals surface area contributed by atoms with Crippen molar-refractivity contribution in [2.24, 2.45) is 0 Å². The highest BCUT2D eigenvalue weighted by Gasteiger charge is 2.21. The number of anilines is 2. The Morgan fingerprint density at radius 3 is 2.46 bits per heavy atom. The van der Waals surface area contributed by atoms with Crippen LogP contribution >= 0.6 is 0 Å². The summed E-state index contributed by atoms with van der Waals surface area (Å²) in [4.78, 5) is 27.9. The van der Waals surface area contributed by atoms with Gasteiger partial charge in [0.25, 0.3) is 11.6 Å². The molecular weight excluding hydrogens is 332 g/mol. The number of carbonyl (C=O) groups is 1. The molecule has 2 aromatic rings. The number of nitro groups is 1. The van der Waals surface area contributed by atoms with E-state index in [-0.39, 0.29) is 11.6 Å². The maximum absolute atomic E-state index is 12.7. The molecule has 1 fully saturated rings. The van der Waals surface area contributed by atoms with Gasteiger partial charge in [-0.05, 0) is 32.2 Å². The van der Waals surface area contributed by atoms with E-state index in [4.69, 9.17) is 0 Å². The Morgan fingerprint density at radius 1 is 1.08 bits per heavy atom. The molecule has 0 saturated carbocycles. The molecule has 0 spiro atoms. The molecule has 7 nitrogen and oxygen atoms in total. The van der Waals surface area contributed by atoms with Gasteiger partial charge in [0, 0.05) is 43.4 Å². The lowest BCUT2D eigenvalue weighted by Crippen LogP contribution is -2.44. The zero-order chi connectivity index (χ0) is 18.7. The van der Waals surface area contributed by atoms with Crippen molar-refractivity contribution in [3.8, 4) is 0 Å². The second kappa shape index (κ2) is 7.53. The Hall–Kier alpha value is -2.93. The van der Waals surface area contributed by atoms with Gasteiger partial charge in [-0.25, -0.2) is 0 Å². The van der Waals surface area contributed by atoms with Crippen molar-refractivity contribution in [1.82, 2.24) is 4.90 Å². The number of nitrogens with zero attached hydrogens (tertiary/aromatic N) is 3. The van der Waals surface area contributed by atoms with Crippen LogP contribution in [0.4, 0.5) is 17.1 Å². The first-order chi connectivity index (χ1) is 12.5. The first kappa shape index (κ1) is 17.9. The molecule has 0 radical (unpaired) electrons. The smallest absolute Gasteiger partial charge is 0.273 e. The van der Waals surface area contributed by atoms with Gasteiger partial charge in [0.05, 0.1) is 16.3 Å². The largest absolute Gasteiger partial charge is 0.367 e. The first-order valence-corrected chi connectivity index (χ1v) is 8.55. The van der Waals surface area contributed by atoms with E-state index in [1.807, 2.05) is 24.3 Å². The number of hydrogen-bond acceptors (Lipinski definition) is 5. The predicted molar refractivity (Wildman–Crippen MR) is 102 cm³/mol. The summed E-state index contributed by atoms with van der Waals surface area (Å²) in [5.74, 6) is -0.340. The zero-order valence-corrected chi connectivity index (χ0v) is 14.9. The summed E-state index contributed by atoms with van der Waals surface area (Å²) >= 11 is 0. The van der Waals surface area contributed by atoms with E-state index in [1.165, 1.54) is 12.1 Å². The molecule has 1 saturated heterocycles. The second-order valence-corrected chi connectivity index (χ2v) is 6.47. The molecule has 1 aliphatic rings. The van der Waals surface area contributed by atoms with Crippen LogP contribution in [0.15, 0.2) is 42.5 Å². The summed E-state index contributed by atoms with van der Waals surface area (Å²) in [5, 5.41) is 14.0. The number of hydrogen-bond donors (Lipinski definition) is 1. The molecule has 0 bridgehead atoms. The number of para-hydroxylation sites is 2. The average molecular weight is 354 g/mol. The van der Waals surface area contributed by atoms with Crippen LogP contribution in [0.25, 0.3) is 0 Å². The van der Waals surface area contributed by atoms with Gasteiger partial charge in [0.15, 0.2) is 0 Å². The highest BCUT2D eigenvalue weighted by molar-refractivity contribution is 6.07. The van der Waals surface area contributed by atoms with Gasteiger partial charge in [-0.3, -0.25) is 14.9 Å². The summed E-state index contributed by atoms with van der Waals surface area (Å²) in [6.07, 6.45) is 0. The van der Waals surface area contributed by atoms with E-state index in [0.29, 0.717) is 16.8 Å². The minimum Gasteiger partial charge on any atom is -0.367 e. The lowest BCUT2D eigenvalue weighted by atomic mass is 10.1. The Balaban J connectivity index is 1.85. The number of nitrogens with one attached hydrogen (secondary N) is 1. The number of rotatable bonds is 4. The lowest BCUT2D eigenvalue weighted by molar-refractivity contribution is -0.385. The van der Waals surface area contributed by atoms with Crippen LogP contribution in [0.3, 0.4) is 0 Å². The number of piperazine rings is 1. The van der Waals surface area contributed by atoms with Crippen LogP contribution in [0.1, 0.15) is 15.9 Å². The number of nitro benzene ring substituents is 1. The fourth-order valence-corrected chi connectivity index (χ4v) is 3.16. The molecule has 1 heterocycles. The minimum atomic E-state index is -0.468. The Bertz CT molecular complexity index is 829. The van der Waals surface area contributed by atoms with Crippen molar-refractivity contribution in [2.75, 3.05) is 43.4 Å².